The van der Waals surface area contributed by atoms with Gasteiger partial charge in [-0.15, -0.1) is 0 Å². The Kier molecular flexibility index (Phi) is 7.18. The molecule has 2 aromatic carbocycles. The summed E-state index contributed by atoms with van der Waals surface area (Å²) in [7, 11) is 0. The minimum Gasteiger partial charge on any atom is -0.350 e. The molecule has 0 aromatic heterocycles. The number of aliphatic imine (C=N–C) groups is 1. The van der Waals surface area contributed by atoms with E-state index in [1.165, 1.54) is 13.1 Å². The molecule has 33 heavy (non-hydrogen) atoms. The number of amidine groups is 1. The van der Waals surface area contributed by atoms with Gasteiger partial charge in [-0.25, -0.2) is 4.99 Å². The number of carbonyl (C=O) groups is 3. The lowest BCUT2D eigenvalue weighted by Crippen LogP contribution is -2.41. The number of ketones is 2. The van der Waals surface area contributed by atoms with Crippen molar-refractivity contribution in [1.29, 1.82) is 0 Å². The van der Waals surface area contributed by atoms with Crippen LogP contribution < -0.4 is 10.2 Å². The Balaban J connectivity index is 2.13. The first kappa shape index (κ1) is 23.6. The first-order chi connectivity index (χ1) is 15.7. The Bertz CT molecular complexity index is 1220. The van der Waals surface area contributed by atoms with Crippen LogP contribution in [0.1, 0.15) is 38.1 Å². The molecule has 1 aliphatic heterocycles. The zero-order valence-electron chi connectivity index (χ0n) is 19.3. The molecule has 6 nitrogen and oxygen atoms in total. The molecule has 0 aliphatic carbocycles. The predicted octanol–water partition coefficient (Wildman–Crippen LogP) is 4.84. The molecule has 0 unspecified atom stereocenters. The van der Waals surface area contributed by atoms with Gasteiger partial charge in [0.1, 0.15) is 11.4 Å². The van der Waals surface area contributed by atoms with E-state index in [1.54, 1.807) is 23.2 Å². The highest BCUT2D eigenvalue weighted by Crippen LogP contribution is 2.30. The fraction of sp³-hybridized carbons (Fsp3) is 0.185. The van der Waals surface area contributed by atoms with Crippen molar-refractivity contribution in [2.24, 2.45) is 4.99 Å². The van der Waals surface area contributed by atoms with Gasteiger partial charge in [-0.05, 0) is 57.0 Å². The van der Waals surface area contributed by atoms with Crippen molar-refractivity contribution in [3.05, 3.63) is 90.3 Å². The summed E-state index contributed by atoms with van der Waals surface area (Å²) in [5, 5.41) is 2.77. The average Bonchev–Trinajstić information content (AvgIpc) is 2.79. The quantitative estimate of drug-likeness (QED) is 0.395. The van der Waals surface area contributed by atoms with Gasteiger partial charge in [0.25, 0.3) is 5.91 Å². The number of allylic oxidation sites excluding steroid dienone is 1. The van der Waals surface area contributed by atoms with Crippen LogP contribution in [0.4, 0.5) is 5.69 Å². The molecule has 1 aliphatic rings. The lowest BCUT2D eigenvalue weighted by atomic mass is 9.97. The van der Waals surface area contributed by atoms with Crippen LogP contribution in [-0.4, -0.2) is 29.4 Å². The minimum atomic E-state index is -0.462. The zero-order chi connectivity index (χ0) is 24.1. The minimum absolute atomic E-state index is 0.00268. The van der Waals surface area contributed by atoms with Gasteiger partial charge < -0.3 is 10.2 Å². The standard InChI is InChI=1S/C27H27N3O3/c1-6-13-28-26-18(4)25(32)24(27(33)29-17(2)3)16-30(26)23-12-8-11-22(15-23)21-10-7-9-20(14-21)19(5)31/h6-17H,4H2,1-3,5H3,(H,29,33). The Morgan fingerprint density at radius 2 is 1.76 bits per heavy atom. The molecule has 0 radical (unpaired) electrons. The summed E-state index contributed by atoms with van der Waals surface area (Å²) in [6, 6.07) is 14.9. The molecule has 6 heteroatoms. The topological polar surface area (TPSA) is 78.8 Å². The number of hydrogen-bond acceptors (Lipinski definition) is 4. The maximum atomic E-state index is 12.9. The van der Waals surface area contributed by atoms with Crippen LogP contribution in [0.5, 0.6) is 0 Å². The maximum absolute atomic E-state index is 12.9. The van der Waals surface area contributed by atoms with E-state index in [0.29, 0.717) is 17.1 Å². The molecule has 1 N–H and O–H groups in total. The highest BCUT2D eigenvalue weighted by atomic mass is 16.2. The Labute approximate surface area is 194 Å². The molecular formula is C27H27N3O3. The summed E-state index contributed by atoms with van der Waals surface area (Å²) in [5.74, 6) is -0.591. The highest BCUT2D eigenvalue weighted by molar-refractivity contribution is 6.40. The van der Waals surface area contributed by atoms with Crippen molar-refractivity contribution >= 4 is 29.0 Å². The summed E-state index contributed by atoms with van der Waals surface area (Å²) in [5.41, 5.74) is 3.21. The molecule has 0 spiro atoms. The molecule has 2 aromatic rings. The summed E-state index contributed by atoms with van der Waals surface area (Å²) < 4.78 is 0. The number of rotatable bonds is 6. The lowest BCUT2D eigenvalue weighted by molar-refractivity contribution is -0.121. The van der Waals surface area contributed by atoms with Crippen LogP contribution >= 0.6 is 0 Å². The number of nitrogens with one attached hydrogen (secondary N) is 1. The average molecular weight is 442 g/mol. The Hall–Kier alpha value is -4.06. The summed E-state index contributed by atoms with van der Waals surface area (Å²) in [6.07, 6.45) is 4.83. The van der Waals surface area contributed by atoms with Gasteiger partial charge in [-0.1, -0.05) is 43.0 Å². The van der Waals surface area contributed by atoms with Crippen molar-refractivity contribution in [1.82, 2.24) is 5.32 Å². The highest BCUT2D eigenvalue weighted by Gasteiger charge is 2.32. The van der Waals surface area contributed by atoms with E-state index in [1.807, 2.05) is 63.2 Å². The number of benzene rings is 2. The molecule has 0 atom stereocenters. The van der Waals surface area contributed by atoms with Crippen LogP contribution in [0.2, 0.25) is 0 Å². The largest absolute Gasteiger partial charge is 0.350 e. The van der Waals surface area contributed by atoms with Gasteiger partial charge in [0.2, 0.25) is 5.78 Å². The molecule has 1 amide bonds. The molecule has 0 saturated carbocycles. The number of carbonyl (C=O) groups excluding carboxylic acids is 3. The Morgan fingerprint density at radius 1 is 1.09 bits per heavy atom. The molecule has 0 fully saturated rings. The summed E-state index contributed by atoms with van der Waals surface area (Å²) in [4.78, 5) is 43.5. The van der Waals surface area contributed by atoms with Crippen LogP contribution in [0.25, 0.3) is 11.1 Å². The number of anilines is 1. The smallest absolute Gasteiger partial charge is 0.256 e. The first-order valence-corrected chi connectivity index (χ1v) is 10.7. The zero-order valence-corrected chi connectivity index (χ0v) is 19.3. The van der Waals surface area contributed by atoms with Crippen molar-refractivity contribution in [2.75, 3.05) is 4.90 Å². The van der Waals surface area contributed by atoms with E-state index in [-0.39, 0.29) is 23.0 Å². The fourth-order valence-corrected chi connectivity index (χ4v) is 3.40. The molecular weight excluding hydrogens is 414 g/mol. The third kappa shape index (κ3) is 5.23. The number of nitrogens with zero attached hydrogens (tertiary/aromatic N) is 2. The molecule has 168 valence electrons. The van der Waals surface area contributed by atoms with E-state index in [0.717, 1.165) is 11.1 Å². The van der Waals surface area contributed by atoms with E-state index >= 15 is 0 Å². The van der Waals surface area contributed by atoms with Crippen molar-refractivity contribution in [3.8, 4) is 11.1 Å². The van der Waals surface area contributed by atoms with Gasteiger partial charge in [0.05, 0.1) is 5.57 Å². The van der Waals surface area contributed by atoms with Crippen molar-refractivity contribution in [3.63, 3.8) is 0 Å². The van der Waals surface area contributed by atoms with E-state index in [4.69, 9.17) is 0 Å². The first-order valence-electron chi connectivity index (χ1n) is 10.7. The van der Waals surface area contributed by atoms with Gasteiger partial charge >= 0.3 is 0 Å². The molecule has 0 bridgehead atoms. The predicted molar refractivity (Wildman–Crippen MR) is 132 cm³/mol. The lowest BCUT2D eigenvalue weighted by Gasteiger charge is -2.29. The van der Waals surface area contributed by atoms with E-state index in [2.05, 4.69) is 16.9 Å². The van der Waals surface area contributed by atoms with Gasteiger partial charge in [-0.3, -0.25) is 14.4 Å². The second-order valence-corrected chi connectivity index (χ2v) is 7.97. The van der Waals surface area contributed by atoms with Crippen LogP contribution in [0, 0.1) is 0 Å². The molecule has 1 heterocycles. The Morgan fingerprint density at radius 3 is 2.39 bits per heavy atom. The number of Topliss-reactive ketones (excluding diaryl/α,β-unsaturated/α-hetero) is 2. The summed E-state index contributed by atoms with van der Waals surface area (Å²) in [6.45, 7) is 10.9. The monoisotopic (exact) mass is 441 g/mol. The molecule has 3 rings (SSSR count). The van der Waals surface area contributed by atoms with Crippen LogP contribution in [-0.2, 0) is 9.59 Å². The van der Waals surface area contributed by atoms with E-state index in [9.17, 15) is 14.4 Å². The normalized spacial score (nSPS) is 15.4. The van der Waals surface area contributed by atoms with Gasteiger partial charge in [-0.2, -0.15) is 0 Å². The van der Waals surface area contributed by atoms with Crippen LogP contribution in [0.3, 0.4) is 0 Å². The second kappa shape index (κ2) is 10.0. The van der Waals surface area contributed by atoms with E-state index < -0.39 is 11.7 Å². The number of amides is 1. The second-order valence-electron chi connectivity index (χ2n) is 7.97. The van der Waals surface area contributed by atoms with Crippen LogP contribution in [0.15, 0.2) is 89.7 Å². The summed E-state index contributed by atoms with van der Waals surface area (Å²) >= 11 is 0. The van der Waals surface area contributed by atoms with Gasteiger partial charge in [0.15, 0.2) is 5.78 Å². The van der Waals surface area contributed by atoms with Crippen molar-refractivity contribution < 1.29 is 14.4 Å². The SMILES string of the molecule is C=C1C(=O)C(C(=O)NC(C)C)=CN(c2cccc(-c3cccc(C(C)=O)c3)c2)C1=NC=CC. The maximum Gasteiger partial charge on any atom is 0.256 e. The van der Waals surface area contributed by atoms with Crippen molar-refractivity contribution in [2.45, 2.75) is 33.7 Å². The number of hydrogen-bond donors (Lipinski definition) is 1. The molecule has 0 saturated heterocycles. The third-order valence-electron chi connectivity index (χ3n) is 5.01. The third-order valence-corrected chi connectivity index (χ3v) is 5.01. The van der Waals surface area contributed by atoms with Gasteiger partial charge in [0, 0.05) is 29.7 Å². The fourth-order valence-electron chi connectivity index (χ4n) is 3.40.